The van der Waals surface area contributed by atoms with E-state index < -0.39 is 0 Å². The van der Waals surface area contributed by atoms with Crippen molar-refractivity contribution >= 4 is 23.1 Å². The van der Waals surface area contributed by atoms with Crippen molar-refractivity contribution < 1.29 is 4.74 Å². The summed E-state index contributed by atoms with van der Waals surface area (Å²) in [6, 6.07) is 11.4. The molecule has 0 fully saturated rings. The SMILES string of the molecule is COc1cccc(CCNc2nc(Cl)ccc2N)c1. The number of anilines is 2. The minimum atomic E-state index is 0.429. The second-order valence-electron chi connectivity index (χ2n) is 4.10. The summed E-state index contributed by atoms with van der Waals surface area (Å²) >= 11 is 5.83. The van der Waals surface area contributed by atoms with Crippen molar-refractivity contribution in [1.29, 1.82) is 0 Å². The molecule has 0 aliphatic carbocycles. The van der Waals surface area contributed by atoms with E-state index in [-0.39, 0.29) is 0 Å². The minimum absolute atomic E-state index is 0.429. The molecule has 0 atom stereocenters. The Kier molecular flexibility index (Phi) is 4.47. The van der Waals surface area contributed by atoms with Crippen LogP contribution < -0.4 is 15.8 Å². The number of hydrogen-bond donors (Lipinski definition) is 2. The van der Waals surface area contributed by atoms with Crippen molar-refractivity contribution in [1.82, 2.24) is 4.98 Å². The Labute approximate surface area is 117 Å². The highest BCUT2D eigenvalue weighted by Gasteiger charge is 2.02. The number of rotatable bonds is 5. The molecule has 0 saturated carbocycles. The summed E-state index contributed by atoms with van der Waals surface area (Å²) in [5.41, 5.74) is 7.59. The van der Waals surface area contributed by atoms with Gasteiger partial charge in [0.15, 0.2) is 5.82 Å². The number of nitrogens with one attached hydrogen (secondary N) is 1. The van der Waals surface area contributed by atoms with Gasteiger partial charge in [-0.25, -0.2) is 4.98 Å². The number of pyridine rings is 1. The smallest absolute Gasteiger partial charge is 0.150 e. The van der Waals surface area contributed by atoms with Crippen LogP contribution in [0, 0.1) is 0 Å². The largest absolute Gasteiger partial charge is 0.497 e. The topological polar surface area (TPSA) is 60.2 Å². The van der Waals surface area contributed by atoms with Crippen molar-refractivity contribution in [3.05, 3.63) is 47.1 Å². The van der Waals surface area contributed by atoms with Gasteiger partial charge in [-0.3, -0.25) is 0 Å². The molecule has 0 radical (unpaired) electrons. The molecule has 3 N–H and O–H groups in total. The van der Waals surface area contributed by atoms with Gasteiger partial charge in [-0.05, 0) is 36.2 Å². The molecule has 1 aromatic heterocycles. The molecule has 0 spiro atoms. The van der Waals surface area contributed by atoms with Crippen LogP contribution in [0.3, 0.4) is 0 Å². The lowest BCUT2D eigenvalue weighted by molar-refractivity contribution is 0.414. The van der Waals surface area contributed by atoms with Gasteiger partial charge in [0.2, 0.25) is 0 Å². The number of nitrogen functional groups attached to an aromatic ring is 1. The zero-order chi connectivity index (χ0) is 13.7. The highest BCUT2D eigenvalue weighted by molar-refractivity contribution is 6.29. The fourth-order valence-corrected chi connectivity index (χ4v) is 1.89. The first kappa shape index (κ1) is 13.5. The summed E-state index contributed by atoms with van der Waals surface area (Å²) in [6.07, 6.45) is 0.852. The predicted octanol–water partition coefficient (Wildman–Crippen LogP) is 2.98. The fraction of sp³-hybridized carbons (Fsp3) is 0.214. The number of ether oxygens (including phenoxy) is 1. The van der Waals surface area contributed by atoms with E-state index in [9.17, 15) is 0 Å². The first-order valence-corrected chi connectivity index (χ1v) is 6.35. The molecule has 1 aromatic carbocycles. The van der Waals surface area contributed by atoms with Gasteiger partial charge >= 0.3 is 0 Å². The van der Waals surface area contributed by atoms with Crippen LogP contribution >= 0.6 is 11.6 Å². The number of nitrogens with two attached hydrogens (primary N) is 1. The average Bonchev–Trinajstić information content (AvgIpc) is 2.43. The maximum atomic E-state index is 5.83. The van der Waals surface area contributed by atoms with E-state index >= 15 is 0 Å². The standard InChI is InChI=1S/C14H16ClN3O/c1-19-11-4-2-3-10(9-11)7-8-17-14-12(16)5-6-13(15)18-14/h2-6,9H,7-8,16H2,1H3,(H,17,18). The maximum Gasteiger partial charge on any atom is 0.150 e. The molecule has 0 saturated heterocycles. The van der Waals surface area contributed by atoms with Crippen molar-refractivity contribution in [2.75, 3.05) is 24.7 Å². The monoisotopic (exact) mass is 277 g/mol. The Morgan fingerprint density at radius 3 is 2.95 bits per heavy atom. The molecular formula is C14H16ClN3O. The first-order valence-electron chi connectivity index (χ1n) is 5.98. The Morgan fingerprint density at radius 2 is 2.16 bits per heavy atom. The molecule has 19 heavy (non-hydrogen) atoms. The third-order valence-electron chi connectivity index (χ3n) is 2.73. The molecule has 2 aromatic rings. The van der Waals surface area contributed by atoms with Crippen molar-refractivity contribution in [3.8, 4) is 5.75 Å². The summed E-state index contributed by atoms with van der Waals surface area (Å²) in [5, 5.41) is 3.61. The Balaban J connectivity index is 1.94. The lowest BCUT2D eigenvalue weighted by atomic mass is 10.1. The van der Waals surface area contributed by atoms with E-state index in [0.717, 1.165) is 18.7 Å². The van der Waals surface area contributed by atoms with Crippen molar-refractivity contribution in [2.45, 2.75) is 6.42 Å². The molecular weight excluding hydrogens is 262 g/mol. The van der Waals surface area contributed by atoms with Crippen LogP contribution in [-0.2, 0) is 6.42 Å². The van der Waals surface area contributed by atoms with Gasteiger partial charge < -0.3 is 15.8 Å². The average molecular weight is 278 g/mol. The lowest BCUT2D eigenvalue weighted by Crippen LogP contribution is -2.08. The van der Waals surface area contributed by atoms with Crippen molar-refractivity contribution in [3.63, 3.8) is 0 Å². The van der Waals surface area contributed by atoms with Crippen molar-refractivity contribution in [2.24, 2.45) is 0 Å². The van der Waals surface area contributed by atoms with Crippen LogP contribution in [0.2, 0.25) is 5.15 Å². The van der Waals surface area contributed by atoms with Gasteiger partial charge in [0, 0.05) is 6.54 Å². The third kappa shape index (κ3) is 3.76. The Bertz CT molecular complexity index is 560. The number of halogens is 1. The predicted molar refractivity (Wildman–Crippen MR) is 78.8 cm³/mol. The van der Waals surface area contributed by atoms with Crippen LogP contribution in [-0.4, -0.2) is 18.6 Å². The molecule has 4 nitrogen and oxygen atoms in total. The van der Waals surface area contributed by atoms with Crippen LogP contribution in [0.4, 0.5) is 11.5 Å². The molecule has 1 heterocycles. The van der Waals surface area contributed by atoms with E-state index in [4.69, 9.17) is 22.1 Å². The summed E-state index contributed by atoms with van der Waals surface area (Å²) in [4.78, 5) is 4.14. The van der Waals surface area contributed by atoms with Gasteiger partial charge in [0.25, 0.3) is 0 Å². The Morgan fingerprint density at radius 1 is 1.32 bits per heavy atom. The summed E-state index contributed by atoms with van der Waals surface area (Å²) in [6.45, 7) is 0.727. The molecule has 0 aliphatic rings. The summed E-state index contributed by atoms with van der Waals surface area (Å²) < 4.78 is 5.18. The fourth-order valence-electron chi connectivity index (χ4n) is 1.74. The van der Waals surface area contributed by atoms with E-state index in [1.807, 2.05) is 18.2 Å². The molecule has 2 rings (SSSR count). The van der Waals surface area contributed by atoms with E-state index in [1.165, 1.54) is 5.56 Å². The normalized spacial score (nSPS) is 10.2. The lowest BCUT2D eigenvalue weighted by Gasteiger charge is -2.09. The molecule has 0 bridgehead atoms. The van der Waals surface area contributed by atoms with Gasteiger partial charge in [-0.1, -0.05) is 23.7 Å². The molecule has 0 unspecified atom stereocenters. The molecule has 100 valence electrons. The van der Waals surface area contributed by atoms with E-state index in [2.05, 4.69) is 16.4 Å². The maximum absolute atomic E-state index is 5.83. The van der Waals surface area contributed by atoms with Gasteiger partial charge in [-0.15, -0.1) is 0 Å². The quantitative estimate of drug-likeness (QED) is 0.825. The van der Waals surface area contributed by atoms with Gasteiger partial charge in [0.05, 0.1) is 12.8 Å². The van der Waals surface area contributed by atoms with E-state index in [0.29, 0.717) is 16.7 Å². The van der Waals surface area contributed by atoms with Gasteiger partial charge in [-0.2, -0.15) is 0 Å². The van der Waals surface area contributed by atoms with Crippen LogP contribution in [0.1, 0.15) is 5.56 Å². The van der Waals surface area contributed by atoms with E-state index in [1.54, 1.807) is 19.2 Å². The van der Waals surface area contributed by atoms with Crippen LogP contribution in [0.25, 0.3) is 0 Å². The molecule has 5 heteroatoms. The van der Waals surface area contributed by atoms with Gasteiger partial charge in [0.1, 0.15) is 10.9 Å². The number of aromatic nitrogens is 1. The van der Waals surface area contributed by atoms with Crippen LogP contribution in [0.5, 0.6) is 5.75 Å². The number of methoxy groups -OCH3 is 1. The zero-order valence-electron chi connectivity index (χ0n) is 10.7. The summed E-state index contributed by atoms with van der Waals surface area (Å²) in [7, 11) is 1.66. The number of hydrogen-bond acceptors (Lipinski definition) is 4. The zero-order valence-corrected chi connectivity index (χ0v) is 11.4. The summed E-state index contributed by atoms with van der Waals surface area (Å²) in [5.74, 6) is 1.48. The third-order valence-corrected chi connectivity index (χ3v) is 2.94. The highest BCUT2D eigenvalue weighted by Crippen LogP contribution is 2.18. The molecule has 0 aliphatic heterocycles. The number of benzene rings is 1. The van der Waals surface area contributed by atoms with Crippen LogP contribution in [0.15, 0.2) is 36.4 Å². The second-order valence-corrected chi connectivity index (χ2v) is 4.49. The molecule has 0 amide bonds. The minimum Gasteiger partial charge on any atom is -0.497 e. The highest BCUT2D eigenvalue weighted by atomic mass is 35.5. The Hall–Kier alpha value is -1.94. The number of nitrogens with zero attached hydrogens (tertiary/aromatic N) is 1. The first-order chi connectivity index (χ1) is 9.19. The second kappa shape index (κ2) is 6.29.